The molecule has 31 heavy (non-hydrogen) atoms. The molecule has 0 aliphatic carbocycles. The molecule has 2 aromatic carbocycles. The first kappa shape index (κ1) is 22.8. The molecule has 6 heteroatoms. The van der Waals surface area contributed by atoms with Crippen molar-refractivity contribution in [2.45, 2.75) is 38.1 Å². The Morgan fingerprint density at radius 2 is 1.65 bits per heavy atom. The van der Waals surface area contributed by atoms with Gasteiger partial charge >= 0.3 is 5.97 Å². The molecule has 1 amide bonds. The van der Waals surface area contributed by atoms with Crippen molar-refractivity contribution in [2.75, 3.05) is 38.8 Å². The van der Waals surface area contributed by atoms with Gasteiger partial charge in [0.25, 0.3) is 0 Å². The first-order valence-electron chi connectivity index (χ1n) is 10.9. The van der Waals surface area contributed by atoms with Crippen molar-refractivity contribution in [1.29, 1.82) is 0 Å². The maximum atomic E-state index is 13.1. The molecule has 0 spiro atoms. The van der Waals surface area contributed by atoms with E-state index in [4.69, 9.17) is 9.47 Å². The Kier molecular flexibility index (Phi) is 7.69. The van der Waals surface area contributed by atoms with Crippen molar-refractivity contribution in [3.63, 3.8) is 0 Å². The van der Waals surface area contributed by atoms with E-state index in [0.29, 0.717) is 30.7 Å². The largest absolute Gasteiger partial charge is 0.497 e. The molecule has 0 radical (unpaired) electrons. The van der Waals surface area contributed by atoms with Crippen molar-refractivity contribution in [1.82, 2.24) is 4.90 Å². The maximum absolute atomic E-state index is 13.1. The molecule has 0 N–H and O–H groups in total. The van der Waals surface area contributed by atoms with Gasteiger partial charge in [0, 0.05) is 31.7 Å². The van der Waals surface area contributed by atoms with E-state index in [1.807, 2.05) is 37.3 Å². The van der Waals surface area contributed by atoms with Gasteiger partial charge in [-0.25, -0.2) is 4.79 Å². The van der Waals surface area contributed by atoms with Gasteiger partial charge in [0.1, 0.15) is 11.3 Å². The first-order chi connectivity index (χ1) is 15.0. The van der Waals surface area contributed by atoms with Crippen LogP contribution in [-0.4, -0.2) is 56.2 Å². The number of methoxy groups -OCH3 is 2. The molecule has 0 saturated carbocycles. The molecule has 1 saturated heterocycles. The Labute approximate surface area is 184 Å². The van der Waals surface area contributed by atoms with Gasteiger partial charge in [0.15, 0.2) is 0 Å². The summed E-state index contributed by atoms with van der Waals surface area (Å²) in [7, 11) is 3.00. The van der Waals surface area contributed by atoms with Crippen LogP contribution in [0, 0.1) is 0 Å². The van der Waals surface area contributed by atoms with Crippen LogP contribution < -0.4 is 9.64 Å². The number of hydrogen-bond acceptors (Lipinski definition) is 5. The summed E-state index contributed by atoms with van der Waals surface area (Å²) in [6.45, 7) is 4.20. The second kappa shape index (κ2) is 10.4. The van der Waals surface area contributed by atoms with Gasteiger partial charge in [-0.05, 0) is 49.1 Å². The van der Waals surface area contributed by atoms with E-state index in [0.717, 1.165) is 26.1 Å². The average Bonchev–Trinajstić information content (AvgIpc) is 2.84. The lowest BCUT2D eigenvalue weighted by Crippen LogP contribution is -2.62. The van der Waals surface area contributed by atoms with Gasteiger partial charge in [-0.3, -0.25) is 9.69 Å². The van der Waals surface area contributed by atoms with Crippen LogP contribution in [0.25, 0.3) is 0 Å². The number of esters is 1. The van der Waals surface area contributed by atoms with E-state index in [1.165, 1.54) is 12.7 Å². The van der Waals surface area contributed by atoms with E-state index in [-0.39, 0.29) is 11.9 Å². The van der Waals surface area contributed by atoms with Gasteiger partial charge in [-0.15, -0.1) is 0 Å². The Morgan fingerprint density at radius 3 is 2.19 bits per heavy atom. The highest BCUT2D eigenvalue weighted by molar-refractivity contribution is 6.02. The fourth-order valence-corrected chi connectivity index (χ4v) is 4.31. The summed E-state index contributed by atoms with van der Waals surface area (Å²) in [5.41, 5.74) is 0.990. The SMILES string of the molecule is CCC(=O)N(c1ccc(OC)cc1)C1(C(=O)OC)CCN(CCc2ccccc2)CC1. The first-order valence-corrected chi connectivity index (χ1v) is 10.9. The number of hydrogen-bond donors (Lipinski definition) is 0. The van der Waals surface area contributed by atoms with E-state index in [2.05, 4.69) is 29.2 Å². The van der Waals surface area contributed by atoms with Gasteiger partial charge in [-0.2, -0.15) is 0 Å². The Bertz CT molecular complexity index is 859. The standard InChI is InChI=1S/C25H32N2O4/c1-4-23(28)27(21-10-12-22(30-2)13-11-21)25(24(29)31-3)15-18-26(19-16-25)17-14-20-8-6-5-7-9-20/h5-13H,4,14-19H2,1-3H3. The molecule has 1 fully saturated rings. The number of anilines is 1. The summed E-state index contributed by atoms with van der Waals surface area (Å²) < 4.78 is 10.5. The number of nitrogens with zero attached hydrogens (tertiary/aromatic N) is 2. The minimum atomic E-state index is -1.00. The van der Waals surface area contributed by atoms with Gasteiger partial charge < -0.3 is 14.4 Å². The topological polar surface area (TPSA) is 59.1 Å². The zero-order valence-electron chi connectivity index (χ0n) is 18.7. The van der Waals surface area contributed by atoms with Crippen LogP contribution in [0.1, 0.15) is 31.7 Å². The van der Waals surface area contributed by atoms with Crippen LogP contribution in [-0.2, 0) is 20.7 Å². The van der Waals surface area contributed by atoms with Crippen LogP contribution in [0.15, 0.2) is 54.6 Å². The lowest BCUT2D eigenvalue weighted by molar-refractivity contribution is -0.151. The molecular weight excluding hydrogens is 392 g/mol. The van der Waals surface area contributed by atoms with E-state index in [1.54, 1.807) is 12.0 Å². The van der Waals surface area contributed by atoms with Gasteiger partial charge in [0.05, 0.1) is 14.2 Å². The number of piperidine rings is 1. The number of rotatable bonds is 8. The second-order valence-corrected chi connectivity index (χ2v) is 7.88. The van der Waals surface area contributed by atoms with Crippen LogP contribution >= 0.6 is 0 Å². The number of carbonyl (C=O) groups excluding carboxylic acids is 2. The lowest BCUT2D eigenvalue weighted by Gasteiger charge is -2.46. The maximum Gasteiger partial charge on any atom is 0.332 e. The van der Waals surface area contributed by atoms with Crippen molar-refractivity contribution in [3.05, 3.63) is 60.2 Å². The van der Waals surface area contributed by atoms with Crippen LogP contribution in [0.4, 0.5) is 5.69 Å². The fraction of sp³-hybridized carbons (Fsp3) is 0.440. The van der Waals surface area contributed by atoms with Gasteiger partial charge in [-0.1, -0.05) is 37.3 Å². The van der Waals surface area contributed by atoms with Crippen molar-refractivity contribution < 1.29 is 19.1 Å². The number of likely N-dealkylation sites (tertiary alicyclic amines) is 1. The number of ether oxygens (including phenoxy) is 2. The molecule has 6 nitrogen and oxygen atoms in total. The molecule has 0 bridgehead atoms. The third-order valence-corrected chi connectivity index (χ3v) is 6.12. The second-order valence-electron chi connectivity index (χ2n) is 7.88. The number of amides is 1. The Hall–Kier alpha value is -2.86. The molecule has 166 valence electrons. The molecular formula is C25H32N2O4. The highest BCUT2D eigenvalue weighted by Crippen LogP contribution is 2.36. The highest BCUT2D eigenvalue weighted by Gasteiger charge is 2.49. The summed E-state index contributed by atoms with van der Waals surface area (Å²) in [4.78, 5) is 30.1. The molecule has 0 unspecified atom stereocenters. The summed E-state index contributed by atoms with van der Waals surface area (Å²) in [6, 6.07) is 17.7. The van der Waals surface area contributed by atoms with E-state index >= 15 is 0 Å². The molecule has 1 aliphatic rings. The fourth-order valence-electron chi connectivity index (χ4n) is 4.31. The van der Waals surface area contributed by atoms with Crippen molar-refractivity contribution >= 4 is 17.6 Å². The number of carbonyl (C=O) groups is 2. The lowest BCUT2D eigenvalue weighted by atomic mass is 9.84. The summed E-state index contributed by atoms with van der Waals surface area (Å²) >= 11 is 0. The third-order valence-electron chi connectivity index (χ3n) is 6.12. The zero-order valence-corrected chi connectivity index (χ0v) is 18.7. The molecule has 3 rings (SSSR count). The summed E-state index contributed by atoms with van der Waals surface area (Å²) in [5.74, 6) is 0.261. The predicted molar refractivity (Wildman–Crippen MR) is 121 cm³/mol. The van der Waals surface area contributed by atoms with Crippen molar-refractivity contribution in [3.8, 4) is 5.75 Å². The molecule has 1 aliphatic heterocycles. The Morgan fingerprint density at radius 1 is 1.00 bits per heavy atom. The monoisotopic (exact) mass is 424 g/mol. The predicted octanol–water partition coefficient (Wildman–Crippen LogP) is 3.69. The minimum Gasteiger partial charge on any atom is -0.497 e. The Balaban J connectivity index is 1.81. The van der Waals surface area contributed by atoms with E-state index in [9.17, 15) is 9.59 Å². The minimum absolute atomic E-state index is 0.0895. The molecule has 0 atom stereocenters. The average molecular weight is 425 g/mol. The quantitative estimate of drug-likeness (QED) is 0.605. The summed E-state index contributed by atoms with van der Waals surface area (Å²) in [6.07, 6.45) is 2.34. The molecule has 1 heterocycles. The van der Waals surface area contributed by atoms with Crippen LogP contribution in [0.2, 0.25) is 0 Å². The van der Waals surface area contributed by atoms with Crippen LogP contribution in [0.3, 0.4) is 0 Å². The third kappa shape index (κ3) is 5.07. The normalized spacial score (nSPS) is 15.8. The van der Waals surface area contributed by atoms with Gasteiger partial charge in [0.2, 0.25) is 5.91 Å². The van der Waals surface area contributed by atoms with Crippen LogP contribution in [0.5, 0.6) is 5.75 Å². The summed E-state index contributed by atoms with van der Waals surface area (Å²) in [5, 5.41) is 0. The van der Waals surface area contributed by atoms with E-state index < -0.39 is 5.54 Å². The molecule has 0 aromatic heterocycles. The number of benzene rings is 2. The molecule has 2 aromatic rings. The zero-order chi connectivity index (χ0) is 22.3. The highest BCUT2D eigenvalue weighted by atomic mass is 16.5. The smallest absolute Gasteiger partial charge is 0.332 e. The van der Waals surface area contributed by atoms with Crippen molar-refractivity contribution in [2.24, 2.45) is 0 Å².